The number of amides is 1. The first-order chi connectivity index (χ1) is 16.8. The number of rotatable bonds is 10. The SMILES string of the molecule is O=C(OCCCCc1ccc(CCO)cc1)N(c1ccccc1-c1ccsc1)N1CCCCC1. The fourth-order valence-electron chi connectivity index (χ4n) is 4.42. The maximum Gasteiger partial charge on any atom is 0.429 e. The predicted octanol–water partition coefficient (Wildman–Crippen LogP) is 6.32. The zero-order valence-corrected chi connectivity index (χ0v) is 20.5. The lowest BCUT2D eigenvalue weighted by atomic mass is 10.1. The second-order valence-corrected chi connectivity index (χ2v) is 9.50. The average molecular weight is 479 g/mol. The molecule has 0 radical (unpaired) electrons. The van der Waals surface area contributed by atoms with Gasteiger partial charge in [-0.15, -0.1) is 0 Å². The Morgan fingerprint density at radius 1 is 0.941 bits per heavy atom. The molecule has 0 saturated carbocycles. The molecule has 5 nitrogen and oxygen atoms in total. The number of aliphatic hydroxyl groups excluding tert-OH is 1. The first kappa shape index (κ1) is 24.5. The van der Waals surface area contributed by atoms with Crippen LogP contribution in [-0.2, 0) is 17.6 Å². The van der Waals surface area contributed by atoms with Crippen LogP contribution in [0.5, 0.6) is 0 Å². The summed E-state index contributed by atoms with van der Waals surface area (Å²) in [4.78, 5) is 13.3. The number of benzene rings is 2. The van der Waals surface area contributed by atoms with Gasteiger partial charge in [-0.25, -0.2) is 14.8 Å². The number of carbonyl (C=O) groups is 1. The lowest BCUT2D eigenvalue weighted by Crippen LogP contribution is -2.49. The van der Waals surface area contributed by atoms with Crippen LogP contribution in [0, 0.1) is 0 Å². The quantitative estimate of drug-likeness (QED) is 0.347. The first-order valence-corrected chi connectivity index (χ1v) is 13.2. The lowest BCUT2D eigenvalue weighted by molar-refractivity contribution is 0.120. The van der Waals surface area contributed by atoms with E-state index in [1.165, 1.54) is 12.0 Å². The molecule has 1 amide bonds. The normalized spacial score (nSPS) is 14.1. The molecule has 0 aliphatic carbocycles. The van der Waals surface area contributed by atoms with Gasteiger partial charge in [0.25, 0.3) is 0 Å². The highest BCUT2D eigenvalue weighted by Crippen LogP contribution is 2.34. The molecule has 1 N–H and O–H groups in total. The van der Waals surface area contributed by atoms with Crippen LogP contribution in [0.4, 0.5) is 10.5 Å². The smallest absolute Gasteiger partial charge is 0.429 e. The number of aliphatic hydroxyl groups is 1. The van der Waals surface area contributed by atoms with E-state index in [1.807, 2.05) is 18.2 Å². The fraction of sp³-hybridized carbons (Fsp3) is 0.393. The molecule has 6 heteroatoms. The number of carbonyl (C=O) groups excluding carboxylic acids is 1. The third-order valence-corrected chi connectivity index (χ3v) is 6.94. The van der Waals surface area contributed by atoms with Crippen molar-refractivity contribution in [1.82, 2.24) is 5.01 Å². The molecule has 34 heavy (non-hydrogen) atoms. The van der Waals surface area contributed by atoms with E-state index < -0.39 is 0 Å². The van der Waals surface area contributed by atoms with Crippen molar-refractivity contribution in [3.8, 4) is 11.1 Å². The minimum atomic E-state index is -0.294. The van der Waals surface area contributed by atoms with Gasteiger partial charge in [0.1, 0.15) is 0 Å². The Morgan fingerprint density at radius 3 is 2.38 bits per heavy atom. The van der Waals surface area contributed by atoms with Crippen LogP contribution < -0.4 is 5.01 Å². The molecule has 1 aromatic heterocycles. The van der Waals surface area contributed by atoms with Crippen LogP contribution in [0.1, 0.15) is 43.2 Å². The Labute approximate surface area is 206 Å². The van der Waals surface area contributed by atoms with Crippen molar-refractivity contribution in [2.45, 2.75) is 44.9 Å². The molecule has 2 heterocycles. The number of hydrazine groups is 1. The molecule has 3 aromatic rings. The molecule has 1 aliphatic heterocycles. The van der Waals surface area contributed by atoms with Crippen LogP contribution in [0.3, 0.4) is 0 Å². The Hall–Kier alpha value is -2.67. The maximum atomic E-state index is 13.3. The Bertz CT molecular complexity index is 1010. The van der Waals surface area contributed by atoms with Gasteiger partial charge in [-0.2, -0.15) is 11.3 Å². The van der Waals surface area contributed by atoms with Gasteiger partial charge < -0.3 is 9.84 Å². The van der Waals surface area contributed by atoms with Crippen LogP contribution >= 0.6 is 11.3 Å². The highest BCUT2D eigenvalue weighted by Gasteiger charge is 2.28. The number of unbranched alkanes of at least 4 members (excludes halogenated alkanes) is 1. The van der Waals surface area contributed by atoms with Crippen molar-refractivity contribution in [1.29, 1.82) is 0 Å². The summed E-state index contributed by atoms with van der Waals surface area (Å²) in [6, 6.07) is 18.6. The number of hydrogen-bond acceptors (Lipinski definition) is 5. The highest BCUT2D eigenvalue weighted by molar-refractivity contribution is 7.08. The topological polar surface area (TPSA) is 53.0 Å². The number of piperidine rings is 1. The molecule has 4 rings (SSSR count). The fourth-order valence-corrected chi connectivity index (χ4v) is 5.07. The van der Waals surface area contributed by atoms with Crippen molar-refractivity contribution in [3.05, 3.63) is 76.5 Å². The van der Waals surface area contributed by atoms with E-state index in [0.717, 1.165) is 67.6 Å². The number of anilines is 1. The monoisotopic (exact) mass is 478 g/mol. The summed E-state index contributed by atoms with van der Waals surface area (Å²) < 4.78 is 5.79. The van der Waals surface area contributed by atoms with Crippen molar-refractivity contribution in [3.63, 3.8) is 0 Å². The summed E-state index contributed by atoms with van der Waals surface area (Å²) in [5.74, 6) is 0. The third-order valence-electron chi connectivity index (χ3n) is 6.26. The van der Waals surface area contributed by atoms with Gasteiger partial charge in [0.15, 0.2) is 0 Å². The average Bonchev–Trinajstić information content (AvgIpc) is 3.41. The van der Waals surface area contributed by atoms with Crippen molar-refractivity contribution in [2.24, 2.45) is 0 Å². The summed E-state index contributed by atoms with van der Waals surface area (Å²) in [5, 5.41) is 17.1. The van der Waals surface area contributed by atoms with Gasteiger partial charge in [0.2, 0.25) is 0 Å². The highest BCUT2D eigenvalue weighted by atomic mass is 32.1. The summed E-state index contributed by atoms with van der Waals surface area (Å²) in [6.45, 7) is 2.31. The number of thiophene rings is 1. The van der Waals surface area contributed by atoms with Crippen LogP contribution in [0.2, 0.25) is 0 Å². The molecule has 2 aromatic carbocycles. The van der Waals surface area contributed by atoms with E-state index in [0.29, 0.717) is 13.0 Å². The van der Waals surface area contributed by atoms with Crippen molar-refractivity contribution < 1.29 is 14.6 Å². The van der Waals surface area contributed by atoms with E-state index in [4.69, 9.17) is 9.84 Å². The predicted molar refractivity (Wildman–Crippen MR) is 139 cm³/mol. The summed E-state index contributed by atoms with van der Waals surface area (Å²) in [7, 11) is 0. The standard InChI is InChI=1S/C28H34N2O3S/c31-19-15-24-13-11-23(12-14-24)8-4-7-20-33-28(32)30(29-17-5-1-6-18-29)27-10-3-2-9-26(27)25-16-21-34-22-25/h2-3,9-14,16,21-22,31H,1,4-8,15,17-20H2. The molecule has 0 unspecified atom stereocenters. The summed E-state index contributed by atoms with van der Waals surface area (Å²) >= 11 is 1.66. The van der Waals surface area contributed by atoms with E-state index in [-0.39, 0.29) is 12.7 Å². The number of hydrogen-bond donors (Lipinski definition) is 1. The minimum Gasteiger partial charge on any atom is -0.448 e. The lowest BCUT2D eigenvalue weighted by Gasteiger charge is -2.37. The van der Waals surface area contributed by atoms with Gasteiger partial charge in [0, 0.05) is 25.3 Å². The number of para-hydroxylation sites is 1. The second-order valence-electron chi connectivity index (χ2n) is 8.72. The number of nitrogens with zero attached hydrogens (tertiary/aromatic N) is 2. The maximum absolute atomic E-state index is 13.3. The zero-order chi connectivity index (χ0) is 23.6. The van der Waals surface area contributed by atoms with E-state index in [2.05, 4.69) is 52.2 Å². The summed E-state index contributed by atoms with van der Waals surface area (Å²) in [5.41, 5.74) is 5.49. The van der Waals surface area contributed by atoms with E-state index in [1.54, 1.807) is 16.3 Å². The molecule has 0 spiro atoms. The van der Waals surface area contributed by atoms with E-state index in [9.17, 15) is 4.79 Å². The first-order valence-electron chi connectivity index (χ1n) is 12.3. The number of aryl methyl sites for hydroxylation is 1. The van der Waals surface area contributed by atoms with Crippen LogP contribution in [0.15, 0.2) is 65.4 Å². The minimum absolute atomic E-state index is 0.177. The number of ether oxygens (including phenoxy) is 1. The molecule has 0 bridgehead atoms. The van der Waals surface area contributed by atoms with Crippen LogP contribution in [-0.4, -0.2) is 42.5 Å². The van der Waals surface area contributed by atoms with Gasteiger partial charge in [-0.1, -0.05) is 48.9 Å². The Kier molecular flexibility index (Phi) is 9.13. The Balaban J connectivity index is 1.37. The van der Waals surface area contributed by atoms with Gasteiger partial charge >= 0.3 is 6.09 Å². The zero-order valence-electron chi connectivity index (χ0n) is 19.7. The molecular weight excluding hydrogens is 444 g/mol. The van der Waals surface area contributed by atoms with Crippen LogP contribution in [0.25, 0.3) is 11.1 Å². The van der Waals surface area contributed by atoms with Crippen molar-refractivity contribution >= 4 is 23.1 Å². The van der Waals surface area contributed by atoms with Gasteiger partial charge in [-0.3, -0.25) is 0 Å². The van der Waals surface area contributed by atoms with Gasteiger partial charge in [-0.05, 0) is 78.1 Å². The molecule has 180 valence electrons. The van der Waals surface area contributed by atoms with E-state index >= 15 is 0 Å². The van der Waals surface area contributed by atoms with Gasteiger partial charge in [0.05, 0.1) is 12.3 Å². The molecule has 1 saturated heterocycles. The third kappa shape index (κ3) is 6.47. The molecule has 1 fully saturated rings. The molecule has 0 atom stereocenters. The molecule has 1 aliphatic rings. The Morgan fingerprint density at radius 2 is 1.68 bits per heavy atom. The van der Waals surface area contributed by atoms with Crippen molar-refractivity contribution in [2.75, 3.05) is 31.3 Å². The largest absolute Gasteiger partial charge is 0.448 e. The second kappa shape index (κ2) is 12.7. The molecular formula is C28H34N2O3S. The summed E-state index contributed by atoms with van der Waals surface area (Å²) in [6.07, 6.45) is 6.51.